The van der Waals surface area contributed by atoms with Gasteiger partial charge in [0, 0.05) is 5.02 Å². The minimum absolute atomic E-state index is 0.284. The quantitative estimate of drug-likeness (QED) is 0.243. The van der Waals surface area contributed by atoms with Crippen LogP contribution in [0.3, 0.4) is 0 Å². The lowest BCUT2D eigenvalue weighted by Gasteiger charge is -2.22. The van der Waals surface area contributed by atoms with Crippen molar-refractivity contribution in [3.63, 3.8) is 0 Å². The molecule has 0 saturated heterocycles. The molecular formula is C23H27ClN4O4. The van der Waals surface area contributed by atoms with Crippen LogP contribution in [0.4, 0.5) is 10.5 Å². The van der Waals surface area contributed by atoms with Crippen molar-refractivity contribution in [3.8, 4) is 0 Å². The molecule has 0 aliphatic carbocycles. The van der Waals surface area contributed by atoms with Gasteiger partial charge < -0.3 is 9.47 Å². The fourth-order valence-corrected chi connectivity index (χ4v) is 2.90. The first-order valence-electron chi connectivity index (χ1n) is 9.93. The Morgan fingerprint density at radius 1 is 1.03 bits per heavy atom. The number of esters is 1. The number of benzene rings is 2. The lowest BCUT2D eigenvalue weighted by molar-refractivity contribution is -0.143. The molecule has 170 valence electrons. The summed E-state index contributed by atoms with van der Waals surface area (Å²) >= 11 is 5.93. The number of rotatable bonds is 7. The van der Waals surface area contributed by atoms with Crippen LogP contribution in [0, 0.1) is 5.92 Å². The zero-order valence-electron chi connectivity index (χ0n) is 18.7. The average molecular weight is 459 g/mol. The molecule has 8 nitrogen and oxygen atoms in total. The Bertz CT molecular complexity index is 970. The van der Waals surface area contributed by atoms with E-state index in [0.29, 0.717) is 10.7 Å². The summed E-state index contributed by atoms with van der Waals surface area (Å²) in [6, 6.07) is 15.3. The number of hydrogen-bond acceptors (Lipinski definition) is 7. The Hall–Kier alpha value is -3.26. The van der Waals surface area contributed by atoms with Crippen molar-refractivity contribution >= 4 is 35.1 Å². The van der Waals surface area contributed by atoms with Gasteiger partial charge in [-0.15, -0.1) is 0 Å². The van der Waals surface area contributed by atoms with Gasteiger partial charge in [0.15, 0.2) is 0 Å². The Morgan fingerprint density at radius 2 is 1.66 bits per heavy atom. The molecule has 9 heteroatoms. The number of hydrogen-bond donors (Lipinski definition) is 1. The number of methoxy groups -OCH3 is 1. The van der Waals surface area contributed by atoms with E-state index in [4.69, 9.17) is 21.1 Å². The topological polar surface area (TPSA) is 102 Å². The maximum Gasteiger partial charge on any atom is 0.428 e. The largest absolute Gasteiger partial charge is 0.468 e. The molecule has 32 heavy (non-hydrogen) atoms. The van der Waals surface area contributed by atoms with E-state index in [-0.39, 0.29) is 5.71 Å². The molecule has 2 aromatic carbocycles. The molecule has 0 fully saturated rings. The van der Waals surface area contributed by atoms with Crippen molar-refractivity contribution in [1.82, 2.24) is 5.43 Å². The van der Waals surface area contributed by atoms with Crippen LogP contribution < -0.4 is 5.43 Å². The molecule has 0 heterocycles. The molecule has 0 aromatic heterocycles. The summed E-state index contributed by atoms with van der Waals surface area (Å²) in [7, 11) is 1.28. The fraction of sp³-hybridized carbons (Fsp3) is 0.348. The summed E-state index contributed by atoms with van der Waals surface area (Å²) in [6.07, 6.45) is -0.737. The van der Waals surface area contributed by atoms with Gasteiger partial charge in [-0.2, -0.15) is 15.3 Å². The second-order valence-corrected chi connectivity index (χ2v) is 8.35. The van der Waals surface area contributed by atoms with E-state index in [1.807, 2.05) is 30.3 Å². The van der Waals surface area contributed by atoms with Gasteiger partial charge in [-0.25, -0.2) is 10.2 Å². The van der Waals surface area contributed by atoms with E-state index in [2.05, 4.69) is 20.8 Å². The molecule has 0 aliphatic rings. The van der Waals surface area contributed by atoms with Gasteiger partial charge in [-0.1, -0.05) is 41.9 Å². The second-order valence-electron chi connectivity index (χ2n) is 7.92. The van der Waals surface area contributed by atoms with Crippen LogP contribution in [0.1, 0.15) is 39.3 Å². The van der Waals surface area contributed by atoms with Gasteiger partial charge in [-0.3, -0.25) is 4.79 Å². The van der Waals surface area contributed by atoms with E-state index in [1.165, 1.54) is 7.11 Å². The lowest BCUT2D eigenvalue weighted by Crippen LogP contribution is -2.33. The predicted octanol–water partition coefficient (Wildman–Crippen LogP) is 5.85. The monoisotopic (exact) mass is 458 g/mol. The number of carbonyl (C=O) groups is 2. The van der Waals surface area contributed by atoms with Gasteiger partial charge in [0.25, 0.3) is 0 Å². The summed E-state index contributed by atoms with van der Waals surface area (Å²) in [5, 5.41) is 13.3. The molecule has 0 radical (unpaired) electrons. The Labute approximate surface area is 192 Å². The smallest absolute Gasteiger partial charge is 0.428 e. The van der Waals surface area contributed by atoms with Gasteiger partial charge in [0.05, 0.1) is 18.5 Å². The lowest BCUT2D eigenvalue weighted by atomic mass is 9.90. The molecule has 2 unspecified atom stereocenters. The summed E-state index contributed by atoms with van der Waals surface area (Å²) in [4.78, 5) is 24.7. The van der Waals surface area contributed by atoms with Gasteiger partial charge in [-0.05, 0) is 57.5 Å². The number of hydrazone groups is 1. The number of amides is 1. The summed E-state index contributed by atoms with van der Waals surface area (Å²) in [6.45, 7) is 6.82. The maximum absolute atomic E-state index is 12.7. The number of azo groups is 1. The highest BCUT2D eigenvalue weighted by molar-refractivity contribution is 6.30. The van der Waals surface area contributed by atoms with Crippen molar-refractivity contribution in [1.29, 1.82) is 0 Å². The SMILES string of the molecule is COC(=O)C(/C(C)=N/NC(=O)OC(C)(C)C)C(N=Nc1ccc(Cl)cc1)c1ccccc1. The van der Waals surface area contributed by atoms with E-state index >= 15 is 0 Å². The standard InChI is InChI=1S/C23H27ClN4O4/c1-15(25-28-22(30)32-23(2,3)4)19(21(29)31-5)20(16-9-7-6-8-10-16)27-26-18-13-11-17(24)12-14-18/h6-14,19-20H,1-5H3,(H,28,30)/b25-15+,27-26?. The van der Waals surface area contributed by atoms with Crippen LogP contribution >= 0.6 is 11.6 Å². The van der Waals surface area contributed by atoms with E-state index in [9.17, 15) is 9.59 Å². The van der Waals surface area contributed by atoms with Gasteiger partial charge >= 0.3 is 12.1 Å². The molecule has 0 aliphatic heterocycles. The minimum Gasteiger partial charge on any atom is -0.468 e. The molecule has 2 aromatic rings. The zero-order chi connectivity index (χ0) is 23.7. The highest BCUT2D eigenvalue weighted by Crippen LogP contribution is 2.31. The number of halogens is 1. The van der Waals surface area contributed by atoms with Crippen LogP contribution in [0.2, 0.25) is 5.02 Å². The average Bonchev–Trinajstić information content (AvgIpc) is 2.75. The summed E-state index contributed by atoms with van der Waals surface area (Å²) < 4.78 is 10.2. The first kappa shape index (κ1) is 25.0. The molecule has 1 N–H and O–H groups in total. The van der Waals surface area contributed by atoms with Crippen LogP contribution in [0.15, 0.2) is 69.9 Å². The van der Waals surface area contributed by atoms with Gasteiger partial charge in [0.1, 0.15) is 17.6 Å². The summed E-state index contributed by atoms with van der Waals surface area (Å²) in [5.41, 5.74) is 3.21. The van der Waals surface area contributed by atoms with Crippen molar-refractivity contribution in [2.45, 2.75) is 39.3 Å². The zero-order valence-corrected chi connectivity index (χ0v) is 19.5. The minimum atomic E-state index is -0.937. The first-order valence-corrected chi connectivity index (χ1v) is 10.3. The Kier molecular flexibility index (Phi) is 8.90. The molecule has 0 saturated carbocycles. The van der Waals surface area contributed by atoms with Crippen molar-refractivity contribution in [2.24, 2.45) is 21.2 Å². The highest BCUT2D eigenvalue weighted by Gasteiger charge is 2.34. The molecule has 1 amide bonds. The van der Waals surface area contributed by atoms with Crippen molar-refractivity contribution in [2.75, 3.05) is 7.11 Å². The third-order valence-electron chi connectivity index (χ3n) is 4.21. The van der Waals surface area contributed by atoms with E-state index in [1.54, 1.807) is 52.0 Å². The normalized spacial score (nSPS) is 14.0. The summed E-state index contributed by atoms with van der Waals surface area (Å²) in [5.74, 6) is -1.51. The third kappa shape index (κ3) is 7.77. The Balaban J connectivity index is 2.40. The molecule has 2 rings (SSSR count). The van der Waals surface area contributed by atoms with Crippen LogP contribution in [0.5, 0.6) is 0 Å². The van der Waals surface area contributed by atoms with Crippen LogP contribution in [0.25, 0.3) is 0 Å². The number of nitrogens with zero attached hydrogens (tertiary/aromatic N) is 3. The number of carbonyl (C=O) groups excluding carboxylic acids is 2. The van der Waals surface area contributed by atoms with E-state index in [0.717, 1.165) is 5.56 Å². The van der Waals surface area contributed by atoms with Crippen LogP contribution in [-0.2, 0) is 14.3 Å². The predicted molar refractivity (Wildman–Crippen MR) is 123 cm³/mol. The van der Waals surface area contributed by atoms with Gasteiger partial charge in [0.2, 0.25) is 0 Å². The third-order valence-corrected chi connectivity index (χ3v) is 4.46. The van der Waals surface area contributed by atoms with Crippen molar-refractivity contribution < 1.29 is 19.1 Å². The van der Waals surface area contributed by atoms with Crippen molar-refractivity contribution in [3.05, 3.63) is 65.2 Å². The van der Waals surface area contributed by atoms with E-state index < -0.39 is 29.6 Å². The second kappa shape index (κ2) is 11.4. The molecule has 2 atom stereocenters. The number of ether oxygens (including phenoxy) is 2. The molecule has 0 spiro atoms. The first-order chi connectivity index (χ1) is 15.1. The highest BCUT2D eigenvalue weighted by atomic mass is 35.5. The molecule has 0 bridgehead atoms. The number of nitrogens with one attached hydrogen (secondary N) is 1. The molecular weight excluding hydrogens is 432 g/mol. The maximum atomic E-state index is 12.7. The fourth-order valence-electron chi connectivity index (χ4n) is 2.77. The Morgan fingerprint density at radius 3 is 2.22 bits per heavy atom. The van der Waals surface area contributed by atoms with Crippen LogP contribution in [-0.4, -0.2) is 30.5 Å².